The molecule has 0 unspecified atom stereocenters. The van der Waals surface area contributed by atoms with Gasteiger partial charge in [0.05, 0.1) is 12.3 Å². The van der Waals surface area contributed by atoms with Crippen LogP contribution in [0.2, 0.25) is 0 Å². The number of hydrogen-bond acceptors (Lipinski definition) is 5. The fraction of sp³-hybridized carbons (Fsp3) is 0.474. The maximum atomic E-state index is 9.37. The Bertz CT molecular complexity index is 642. The van der Waals surface area contributed by atoms with Gasteiger partial charge in [0.2, 0.25) is 0 Å². The second-order valence-corrected chi connectivity index (χ2v) is 6.47. The van der Waals surface area contributed by atoms with Gasteiger partial charge in [-0.25, -0.2) is 9.97 Å². The molecule has 24 heavy (non-hydrogen) atoms. The highest BCUT2D eigenvalue weighted by Crippen LogP contribution is 2.33. The molecular formula is C19H25N3O2. The van der Waals surface area contributed by atoms with Crippen molar-refractivity contribution in [2.45, 2.75) is 38.5 Å². The molecule has 1 atom stereocenters. The summed E-state index contributed by atoms with van der Waals surface area (Å²) in [7, 11) is 0. The highest BCUT2D eigenvalue weighted by Gasteiger charge is 2.34. The van der Waals surface area contributed by atoms with Gasteiger partial charge in [-0.2, -0.15) is 0 Å². The average Bonchev–Trinajstić information content (AvgIpc) is 3.04. The fourth-order valence-corrected chi connectivity index (χ4v) is 3.12. The van der Waals surface area contributed by atoms with E-state index in [4.69, 9.17) is 9.72 Å². The summed E-state index contributed by atoms with van der Waals surface area (Å²) < 4.78 is 5.85. The van der Waals surface area contributed by atoms with Crippen LogP contribution >= 0.6 is 0 Å². The van der Waals surface area contributed by atoms with Gasteiger partial charge in [0, 0.05) is 32.4 Å². The average molecular weight is 327 g/mol. The summed E-state index contributed by atoms with van der Waals surface area (Å²) in [6.45, 7) is 5.05. The summed E-state index contributed by atoms with van der Waals surface area (Å²) in [5.41, 5.74) is 1.82. The van der Waals surface area contributed by atoms with Crippen LogP contribution in [0.5, 0.6) is 0 Å². The van der Waals surface area contributed by atoms with E-state index in [0.29, 0.717) is 13.1 Å². The number of rotatable bonds is 7. The first-order valence-corrected chi connectivity index (χ1v) is 8.53. The third-order valence-corrected chi connectivity index (χ3v) is 4.46. The van der Waals surface area contributed by atoms with E-state index >= 15 is 0 Å². The van der Waals surface area contributed by atoms with Crippen molar-refractivity contribution in [3.05, 3.63) is 59.7 Å². The zero-order chi connectivity index (χ0) is 16.8. The lowest BCUT2D eigenvalue weighted by Gasteiger charge is -2.24. The fourth-order valence-electron chi connectivity index (χ4n) is 3.12. The predicted molar refractivity (Wildman–Crippen MR) is 92.2 cm³/mol. The number of nitrogens with zero attached hydrogens (tertiary/aromatic N) is 3. The molecule has 1 aliphatic rings. The molecule has 128 valence electrons. The molecule has 1 fully saturated rings. The molecule has 2 aromatic rings. The Morgan fingerprint density at radius 1 is 1.21 bits per heavy atom. The van der Waals surface area contributed by atoms with Crippen molar-refractivity contribution in [1.82, 2.24) is 14.9 Å². The van der Waals surface area contributed by atoms with Crippen LogP contribution in [-0.4, -0.2) is 39.7 Å². The zero-order valence-electron chi connectivity index (χ0n) is 14.2. The minimum absolute atomic E-state index is 0.131. The second kappa shape index (κ2) is 7.83. The molecule has 0 bridgehead atoms. The lowest BCUT2D eigenvalue weighted by atomic mass is 10.0. The van der Waals surface area contributed by atoms with Crippen molar-refractivity contribution in [1.29, 1.82) is 0 Å². The van der Waals surface area contributed by atoms with E-state index in [0.717, 1.165) is 37.5 Å². The number of hydrogen-bond donors (Lipinski definition) is 1. The summed E-state index contributed by atoms with van der Waals surface area (Å²) in [4.78, 5) is 11.4. The van der Waals surface area contributed by atoms with E-state index in [1.807, 2.05) is 30.5 Å². The van der Waals surface area contributed by atoms with E-state index < -0.39 is 0 Å². The van der Waals surface area contributed by atoms with Gasteiger partial charge in [-0.1, -0.05) is 30.3 Å². The molecule has 0 spiro atoms. The summed E-state index contributed by atoms with van der Waals surface area (Å²) in [5, 5.41) is 9.37. The van der Waals surface area contributed by atoms with E-state index in [2.05, 4.69) is 28.9 Å². The Morgan fingerprint density at radius 2 is 2.04 bits per heavy atom. The minimum atomic E-state index is -0.364. The van der Waals surface area contributed by atoms with Gasteiger partial charge >= 0.3 is 0 Å². The molecule has 1 aromatic carbocycles. The molecule has 0 radical (unpaired) electrons. The molecule has 5 heteroatoms. The van der Waals surface area contributed by atoms with Crippen molar-refractivity contribution >= 4 is 0 Å². The van der Waals surface area contributed by atoms with Gasteiger partial charge in [-0.15, -0.1) is 0 Å². The van der Waals surface area contributed by atoms with Crippen molar-refractivity contribution in [3.63, 3.8) is 0 Å². The Morgan fingerprint density at radius 3 is 2.75 bits per heavy atom. The number of aliphatic hydroxyl groups excluding tert-OH is 1. The quantitative estimate of drug-likeness (QED) is 0.847. The van der Waals surface area contributed by atoms with Crippen molar-refractivity contribution in [3.8, 4) is 0 Å². The van der Waals surface area contributed by atoms with E-state index in [1.54, 1.807) is 0 Å². The number of benzene rings is 1. The van der Waals surface area contributed by atoms with Crippen LogP contribution in [0.15, 0.2) is 42.6 Å². The molecule has 2 heterocycles. The largest absolute Gasteiger partial charge is 0.395 e. The lowest BCUT2D eigenvalue weighted by Crippen LogP contribution is -2.28. The minimum Gasteiger partial charge on any atom is -0.395 e. The summed E-state index contributed by atoms with van der Waals surface area (Å²) in [6.07, 6.45) is 3.82. The SMILES string of the molecule is C[C@@]1(c2nccc(CN(CCO)Cc3ccccc3)n2)CCCO1. The first-order chi connectivity index (χ1) is 11.7. The van der Waals surface area contributed by atoms with Crippen LogP contribution in [0.3, 0.4) is 0 Å². The smallest absolute Gasteiger partial charge is 0.160 e. The lowest BCUT2D eigenvalue weighted by molar-refractivity contribution is 0.00899. The van der Waals surface area contributed by atoms with Crippen LogP contribution in [0.25, 0.3) is 0 Å². The second-order valence-electron chi connectivity index (χ2n) is 6.47. The highest BCUT2D eigenvalue weighted by molar-refractivity contribution is 5.15. The van der Waals surface area contributed by atoms with Crippen LogP contribution in [0.4, 0.5) is 0 Å². The number of aliphatic hydroxyl groups is 1. The van der Waals surface area contributed by atoms with Gasteiger partial charge in [-0.3, -0.25) is 4.90 Å². The number of ether oxygens (including phenoxy) is 1. The molecule has 3 rings (SSSR count). The molecule has 0 saturated carbocycles. The Kier molecular flexibility index (Phi) is 5.56. The highest BCUT2D eigenvalue weighted by atomic mass is 16.5. The normalized spacial score (nSPS) is 20.6. The standard InChI is InChI=1S/C19H25N3O2/c1-19(9-5-13-24-19)18-20-10-8-17(21-18)15-22(11-12-23)14-16-6-3-2-4-7-16/h2-4,6-8,10,23H,5,9,11-15H2,1H3/t19-/m0/s1. The van der Waals surface area contributed by atoms with Gasteiger partial charge in [0.15, 0.2) is 5.82 Å². The van der Waals surface area contributed by atoms with Crippen molar-refractivity contribution in [2.75, 3.05) is 19.8 Å². The first kappa shape index (κ1) is 17.0. The Hall–Kier alpha value is -1.82. The monoisotopic (exact) mass is 327 g/mol. The van der Waals surface area contributed by atoms with Crippen LogP contribution in [-0.2, 0) is 23.4 Å². The maximum absolute atomic E-state index is 9.37. The molecular weight excluding hydrogens is 302 g/mol. The van der Waals surface area contributed by atoms with Crippen molar-refractivity contribution < 1.29 is 9.84 Å². The first-order valence-electron chi connectivity index (χ1n) is 8.53. The Labute approximate surface area is 143 Å². The molecule has 1 aliphatic heterocycles. The van der Waals surface area contributed by atoms with Gasteiger partial charge in [-0.05, 0) is 31.4 Å². The topological polar surface area (TPSA) is 58.5 Å². The third kappa shape index (κ3) is 4.17. The van der Waals surface area contributed by atoms with Crippen LogP contribution < -0.4 is 0 Å². The zero-order valence-corrected chi connectivity index (χ0v) is 14.2. The van der Waals surface area contributed by atoms with E-state index in [-0.39, 0.29) is 12.2 Å². The third-order valence-electron chi connectivity index (χ3n) is 4.46. The summed E-state index contributed by atoms with van der Waals surface area (Å²) in [5.74, 6) is 0.765. The van der Waals surface area contributed by atoms with Gasteiger partial charge in [0.1, 0.15) is 5.60 Å². The van der Waals surface area contributed by atoms with E-state index in [9.17, 15) is 5.11 Å². The van der Waals surface area contributed by atoms with E-state index in [1.165, 1.54) is 5.56 Å². The van der Waals surface area contributed by atoms with Crippen LogP contribution in [0.1, 0.15) is 36.8 Å². The Balaban J connectivity index is 1.72. The number of aromatic nitrogens is 2. The molecule has 0 amide bonds. The summed E-state index contributed by atoms with van der Waals surface area (Å²) in [6, 6.07) is 12.2. The predicted octanol–water partition coefficient (Wildman–Crippen LogP) is 2.50. The van der Waals surface area contributed by atoms with Gasteiger partial charge in [0.25, 0.3) is 0 Å². The molecule has 5 nitrogen and oxygen atoms in total. The molecule has 1 N–H and O–H groups in total. The maximum Gasteiger partial charge on any atom is 0.160 e. The molecule has 1 saturated heterocycles. The van der Waals surface area contributed by atoms with Crippen LogP contribution in [0, 0.1) is 0 Å². The van der Waals surface area contributed by atoms with Crippen molar-refractivity contribution in [2.24, 2.45) is 0 Å². The van der Waals surface area contributed by atoms with Gasteiger partial charge < -0.3 is 9.84 Å². The summed E-state index contributed by atoms with van der Waals surface area (Å²) >= 11 is 0. The molecule has 0 aliphatic carbocycles. The molecule has 1 aromatic heterocycles.